The second kappa shape index (κ2) is 9.94. The van der Waals surface area contributed by atoms with Crippen molar-refractivity contribution in [3.8, 4) is 0 Å². The molecular weight excluding hydrogens is 410 g/mol. The number of amides is 1. The molecule has 3 rings (SSSR count). The van der Waals surface area contributed by atoms with Crippen molar-refractivity contribution >= 4 is 15.9 Å². The molecule has 7 heteroatoms. The summed E-state index contributed by atoms with van der Waals surface area (Å²) < 4.78 is 28.0. The zero-order valence-corrected chi connectivity index (χ0v) is 19.7. The van der Waals surface area contributed by atoms with Crippen LogP contribution in [-0.4, -0.2) is 50.2 Å². The van der Waals surface area contributed by atoms with Crippen LogP contribution in [0.15, 0.2) is 47.4 Å². The fourth-order valence-corrected chi connectivity index (χ4v) is 5.79. The predicted molar refractivity (Wildman–Crippen MR) is 123 cm³/mol. The summed E-state index contributed by atoms with van der Waals surface area (Å²) in [5.74, 6) is -0.263. The average Bonchev–Trinajstić information content (AvgIpc) is 2.73. The van der Waals surface area contributed by atoms with E-state index in [0.717, 1.165) is 42.5 Å². The summed E-state index contributed by atoms with van der Waals surface area (Å²) >= 11 is 0. The van der Waals surface area contributed by atoms with Gasteiger partial charge < -0.3 is 10.2 Å². The molecule has 6 nitrogen and oxygen atoms in total. The number of piperidine rings is 1. The Morgan fingerprint density at radius 3 is 2.52 bits per heavy atom. The molecule has 1 unspecified atom stereocenters. The summed E-state index contributed by atoms with van der Waals surface area (Å²) in [6.07, 6.45) is 2.78. The van der Waals surface area contributed by atoms with Gasteiger partial charge in [0.05, 0.1) is 4.90 Å². The van der Waals surface area contributed by atoms with E-state index in [9.17, 15) is 13.2 Å². The molecule has 1 N–H and O–H groups in total. The Balaban J connectivity index is 1.80. The fraction of sp³-hybridized carbons (Fsp3) is 0.458. The van der Waals surface area contributed by atoms with Gasteiger partial charge in [-0.1, -0.05) is 36.8 Å². The Morgan fingerprint density at radius 1 is 1.13 bits per heavy atom. The Bertz CT molecular complexity index is 1030. The van der Waals surface area contributed by atoms with Crippen LogP contribution in [0, 0.1) is 6.92 Å². The lowest BCUT2D eigenvalue weighted by Crippen LogP contribution is -2.42. The lowest BCUT2D eigenvalue weighted by molar-refractivity contribution is 0.0950. The number of carbonyl (C=O) groups excluding carboxylic acids is 1. The molecule has 0 saturated carbocycles. The number of benzene rings is 2. The molecule has 0 bridgehead atoms. The SMILES string of the molecule is Cc1ccc(S(=O)(=O)N2CCCCC2C)cc1C(=O)NCc1ccccc1CN(C)C. The highest BCUT2D eigenvalue weighted by Crippen LogP contribution is 2.26. The first-order valence-electron chi connectivity index (χ1n) is 10.8. The van der Waals surface area contributed by atoms with Crippen molar-refractivity contribution in [2.45, 2.75) is 57.1 Å². The molecule has 1 amide bonds. The van der Waals surface area contributed by atoms with Gasteiger partial charge in [-0.15, -0.1) is 0 Å². The molecule has 0 aliphatic carbocycles. The van der Waals surface area contributed by atoms with Gasteiger partial charge in [0, 0.05) is 31.2 Å². The minimum atomic E-state index is -3.62. The maximum absolute atomic E-state index is 13.2. The van der Waals surface area contributed by atoms with E-state index < -0.39 is 10.0 Å². The molecule has 2 aromatic rings. The van der Waals surface area contributed by atoms with E-state index in [1.807, 2.05) is 46.1 Å². The first kappa shape index (κ1) is 23.4. The van der Waals surface area contributed by atoms with Crippen molar-refractivity contribution in [2.24, 2.45) is 0 Å². The molecule has 2 aromatic carbocycles. The molecule has 0 aromatic heterocycles. The second-order valence-corrected chi connectivity index (χ2v) is 10.5. The van der Waals surface area contributed by atoms with Crippen molar-refractivity contribution in [1.82, 2.24) is 14.5 Å². The van der Waals surface area contributed by atoms with E-state index >= 15 is 0 Å². The highest BCUT2D eigenvalue weighted by Gasteiger charge is 2.31. The number of sulfonamides is 1. The summed E-state index contributed by atoms with van der Waals surface area (Å²) in [4.78, 5) is 15.2. The maximum atomic E-state index is 13.2. The summed E-state index contributed by atoms with van der Waals surface area (Å²) in [6, 6.07) is 12.8. The van der Waals surface area contributed by atoms with E-state index in [-0.39, 0.29) is 16.8 Å². The van der Waals surface area contributed by atoms with E-state index in [1.54, 1.807) is 16.4 Å². The highest BCUT2D eigenvalue weighted by atomic mass is 32.2. The summed E-state index contributed by atoms with van der Waals surface area (Å²) in [5.41, 5.74) is 3.36. The first-order valence-corrected chi connectivity index (χ1v) is 12.3. The molecule has 0 radical (unpaired) electrons. The smallest absolute Gasteiger partial charge is 0.251 e. The summed E-state index contributed by atoms with van der Waals surface area (Å²) in [6.45, 7) is 5.48. The zero-order valence-electron chi connectivity index (χ0n) is 18.9. The van der Waals surface area contributed by atoms with Crippen LogP contribution in [0.2, 0.25) is 0 Å². The number of hydrogen-bond acceptors (Lipinski definition) is 4. The van der Waals surface area contributed by atoms with Crippen molar-refractivity contribution in [2.75, 3.05) is 20.6 Å². The van der Waals surface area contributed by atoms with Gasteiger partial charge in [-0.3, -0.25) is 4.79 Å². The Morgan fingerprint density at radius 2 is 1.84 bits per heavy atom. The highest BCUT2D eigenvalue weighted by molar-refractivity contribution is 7.89. The van der Waals surface area contributed by atoms with Gasteiger partial charge in [-0.25, -0.2) is 8.42 Å². The topological polar surface area (TPSA) is 69.7 Å². The third-order valence-electron chi connectivity index (χ3n) is 5.85. The predicted octanol–water partition coefficient (Wildman–Crippen LogP) is 3.55. The molecule has 1 heterocycles. The van der Waals surface area contributed by atoms with E-state index in [1.165, 1.54) is 6.07 Å². The van der Waals surface area contributed by atoms with Gasteiger partial charge in [-0.05, 0) is 69.6 Å². The minimum Gasteiger partial charge on any atom is -0.348 e. The number of rotatable bonds is 7. The largest absolute Gasteiger partial charge is 0.348 e. The molecule has 1 atom stereocenters. The van der Waals surface area contributed by atoms with Crippen molar-refractivity contribution in [3.63, 3.8) is 0 Å². The fourth-order valence-electron chi connectivity index (χ4n) is 4.07. The van der Waals surface area contributed by atoms with Crippen molar-refractivity contribution < 1.29 is 13.2 Å². The Hall–Kier alpha value is -2.22. The van der Waals surface area contributed by atoms with Crippen LogP contribution in [0.4, 0.5) is 0 Å². The van der Waals surface area contributed by atoms with Crippen LogP contribution in [-0.2, 0) is 23.1 Å². The molecule has 0 spiro atoms. The van der Waals surface area contributed by atoms with Crippen molar-refractivity contribution in [3.05, 3.63) is 64.7 Å². The first-order chi connectivity index (χ1) is 14.7. The molecular formula is C24H33N3O3S. The molecule has 1 fully saturated rings. The standard InChI is InChI=1S/C24H33N3O3S/c1-18-12-13-22(31(29,30)27-14-8-7-9-19(27)2)15-23(18)24(28)25-16-20-10-5-6-11-21(20)17-26(3)4/h5-6,10-13,15,19H,7-9,14,16-17H2,1-4H3,(H,25,28). The third kappa shape index (κ3) is 5.53. The number of aryl methyl sites for hydroxylation is 1. The molecule has 1 aliphatic rings. The molecule has 168 valence electrons. The van der Waals surface area contributed by atoms with Crippen LogP contribution >= 0.6 is 0 Å². The maximum Gasteiger partial charge on any atom is 0.251 e. The number of hydrogen-bond donors (Lipinski definition) is 1. The molecule has 1 saturated heterocycles. The average molecular weight is 444 g/mol. The third-order valence-corrected chi connectivity index (χ3v) is 7.86. The minimum absolute atomic E-state index is 0.0227. The molecule has 1 aliphatic heterocycles. The van der Waals surface area contributed by atoms with Gasteiger partial charge in [0.15, 0.2) is 0 Å². The van der Waals surface area contributed by atoms with E-state index in [0.29, 0.717) is 18.7 Å². The van der Waals surface area contributed by atoms with Gasteiger partial charge in [-0.2, -0.15) is 4.31 Å². The summed E-state index contributed by atoms with van der Waals surface area (Å²) in [5, 5.41) is 2.97. The van der Waals surface area contributed by atoms with Crippen LogP contribution in [0.25, 0.3) is 0 Å². The number of carbonyl (C=O) groups is 1. The van der Waals surface area contributed by atoms with Crippen molar-refractivity contribution in [1.29, 1.82) is 0 Å². The van der Waals surface area contributed by atoms with Gasteiger partial charge in [0.25, 0.3) is 5.91 Å². The Kier molecular flexibility index (Phi) is 7.51. The lowest BCUT2D eigenvalue weighted by Gasteiger charge is -2.32. The van der Waals surface area contributed by atoms with Crippen LogP contribution in [0.3, 0.4) is 0 Å². The van der Waals surface area contributed by atoms with E-state index in [4.69, 9.17) is 0 Å². The number of nitrogens with zero attached hydrogens (tertiary/aromatic N) is 2. The van der Waals surface area contributed by atoms with Crippen LogP contribution in [0.5, 0.6) is 0 Å². The van der Waals surface area contributed by atoms with Gasteiger partial charge >= 0.3 is 0 Å². The van der Waals surface area contributed by atoms with Gasteiger partial charge in [0.2, 0.25) is 10.0 Å². The second-order valence-electron chi connectivity index (χ2n) is 8.63. The lowest BCUT2D eigenvalue weighted by atomic mass is 10.1. The Labute approximate surface area is 186 Å². The van der Waals surface area contributed by atoms with Crippen LogP contribution in [0.1, 0.15) is 53.2 Å². The quantitative estimate of drug-likeness (QED) is 0.711. The van der Waals surface area contributed by atoms with Gasteiger partial charge in [0.1, 0.15) is 0 Å². The number of nitrogens with one attached hydrogen (secondary N) is 1. The summed E-state index contributed by atoms with van der Waals surface area (Å²) in [7, 11) is 0.392. The van der Waals surface area contributed by atoms with E-state index in [2.05, 4.69) is 16.3 Å². The molecule has 31 heavy (non-hydrogen) atoms. The monoisotopic (exact) mass is 443 g/mol. The zero-order chi connectivity index (χ0) is 22.6. The normalized spacial score (nSPS) is 17.6. The van der Waals surface area contributed by atoms with Crippen LogP contribution < -0.4 is 5.32 Å².